The van der Waals surface area contributed by atoms with Gasteiger partial charge in [-0.2, -0.15) is 0 Å². The van der Waals surface area contributed by atoms with Gasteiger partial charge in [0.15, 0.2) is 0 Å². The van der Waals surface area contributed by atoms with Crippen LogP contribution in [0.25, 0.3) is 32.3 Å². The summed E-state index contributed by atoms with van der Waals surface area (Å²) >= 11 is 0. The fourth-order valence-electron chi connectivity index (χ4n) is 2.92. The molecule has 0 aromatic heterocycles. The lowest BCUT2D eigenvalue weighted by Crippen LogP contribution is -1.84. The lowest BCUT2D eigenvalue weighted by molar-refractivity contribution is 0.112. The van der Waals surface area contributed by atoms with Gasteiger partial charge in [-0.15, -0.1) is 0 Å². The average molecular weight is 256 g/mol. The molecule has 4 aromatic carbocycles. The zero-order chi connectivity index (χ0) is 13.5. The summed E-state index contributed by atoms with van der Waals surface area (Å²) in [6, 6.07) is 22.8. The van der Waals surface area contributed by atoms with Crippen LogP contribution in [0, 0.1) is 0 Å². The maximum Gasteiger partial charge on any atom is 0.150 e. The number of rotatable bonds is 1. The van der Waals surface area contributed by atoms with Gasteiger partial charge in [0.2, 0.25) is 0 Å². The minimum Gasteiger partial charge on any atom is -0.298 e. The Hall–Kier alpha value is -2.67. The van der Waals surface area contributed by atoms with Crippen LogP contribution in [0.5, 0.6) is 0 Å². The number of carbonyl (C=O) groups excluding carboxylic acids is 1. The molecule has 4 aromatic rings. The molecule has 0 fully saturated rings. The summed E-state index contributed by atoms with van der Waals surface area (Å²) in [5.74, 6) is 0. The first kappa shape index (κ1) is 11.2. The number of carbonyl (C=O) groups is 1. The van der Waals surface area contributed by atoms with E-state index in [9.17, 15) is 4.79 Å². The number of hydrogen-bond donors (Lipinski definition) is 0. The number of aldehydes is 1. The van der Waals surface area contributed by atoms with Crippen LogP contribution >= 0.6 is 0 Å². The van der Waals surface area contributed by atoms with Gasteiger partial charge in [0.05, 0.1) is 0 Å². The first-order chi connectivity index (χ1) is 9.86. The molecule has 0 unspecified atom stereocenters. The molecule has 0 saturated heterocycles. The summed E-state index contributed by atoms with van der Waals surface area (Å²) in [6.07, 6.45) is 0.906. The second kappa shape index (κ2) is 4.17. The smallest absolute Gasteiger partial charge is 0.150 e. The van der Waals surface area contributed by atoms with Crippen molar-refractivity contribution >= 4 is 38.6 Å². The molecule has 94 valence electrons. The first-order valence-electron chi connectivity index (χ1n) is 6.66. The van der Waals surface area contributed by atoms with Crippen LogP contribution in [0.4, 0.5) is 0 Å². The lowest BCUT2D eigenvalue weighted by Gasteiger charge is -2.08. The van der Waals surface area contributed by atoms with E-state index in [0.717, 1.165) is 17.2 Å². The van der Waals surface area contributed by atoms with Gasteiger partial charge < -0.3 is 0 Å². The van der Waals surface area contributed by atoms with E-state index in [1.165, 1.54) is 26.9 Å². The fourth-order valence-corrected chi connectivity index (χ4v) is 2.92. The highest BCUT2D eigenvalue weighted by molar-refractivity contribution is 6.20. The molecule has 0 bridgehead atoms. The Morgan fingerprint density at radius 1 is 0.650 bits per heavy atom. The molecule has 1 nitrogen and oxygen atoms in total. The maximum absolute atomic E-state index is 11.0. The van der Waals surface area contributed by atoms with E-state index in [1.54, 1.807) is 0 Å². The standard InChI is InChI=1S/C19H12O/c20-12-13-5-6-15-8-10-16-9-7-14-3-1-2-4-17(14)19(16)18(15)11-13/h1-12H. The monoisotopic (exact) mass is 256 g/mol. The maximum atomic E-state index is 11.0. The third-order valence-electron chi connectivity index (χ3n) is 3.89. The fraction of sp³-hybridized carbons (Fsp3) is 0. The summed E-state index contributed by atoms with van der Waals surface area (Å²) in [7, 11) is 0. The van der Waals surface area contributed by atoms with Crippen LogP contribution in [-0.4, -0.2) is 6.29 Å². The zero-order valence-electron chi connectivity index (χ0n) is 10.8. The zero-order valence-corrected chi connectivity index (χ0v) is 10.8. The highest BCUT2D eigenvalue weighted by atomic mass is 16.1. The minimum absolute atomic E-state index is 0.720. The van der Waals surface area contributed by atoms with E-state index in [0.29, 0.717) is 0 Å². The largest absolute Gasteiger partial charge is 0.298 e. The van der Waals surface area contributed by atoms with Gasteiger partial charge in [-0.25, -0.2) is 0 Å². The van der Waals surface area contributed by atoms with Crippen molar-refractivity contribution in [1.29, 1.82) is 0 Å². The molecule has 0 aliphatic rings. The van der Waals surface area contributed by atoms with Crippen molar-refractivity contribution in [2.45, 2.75) is 0 Å². The Bertz CT molecular complexity index is 962. The van der Waals surface area contributed by atoms with Crippen molar-refractivity contribution in [1.82, 2.24) is 0 Å². The van der Waals surface area contributed by atoms with Crippen LogP contribution in [0.2, 0.25) is 0 Å². The summed E-state index contributed by atoms with van der Waals surface area (Å²) in [6.45, 7) is 0. The summed E-state index contributed by atoms with van der Waals surface area (Å²) in [5, 5.41) is 7.20. The van der Waals surface area contributed by atoms with Crippen molar-refractivity contribution in [3.05, 3.63) is 72.3 Å². The quantitative estimate of drug-likeness (QED) is 0.347. The first-order valence-corrected chi connectivity index (χ1v) is 6.66. The van der Waals surface area contributed by atoms with Gasteiger partial charge in [0, 0.05) is 5.56 Å². The molecule has 0 spiro atoms. The van der Waals surface area contributed by atoms with E-state index >= 15 is 0 Å². The predicted octanol–water partition coefficient (Wildman–Crippen LogP) is 4.96. The predicted molar refractivity (Wildman–Crippen MR) is 84.3 cm³/mol. The lowest BCUT2D eigenvalue weighted by atomic mass is 9.95. The van der Waals surface area contributed by atoms with Crippen LogP contribution in [0.1, 0.15) is 10.4 Å². The van der Waals surface area contributed by atoms with Gasteiger partial charge >= 0.3 is 0 Å². The molecule has 0 atom stereocenters. The molecule has 0 aliphatic heterocycles. The molecule has 0 aliphatic carbocycles. The molecule has 0 amide bonds. The van der Waals surface area contributed by atoms with Gasteiger partial charge in [0.25, 0.3) is 0 Å². The van der Waals surface area contributed by atoms with Crippen molar-refractivity contribution in [2.75, 3.05) is 0 Å². The highest BCUT2D eigenvalue weighted by Crippen LogP contribution is 2.32. The van der Waals surface area contributed by atoms with E-state index in [4.69, 9.17) is 0 Å². The third kappa shape index (κ3) is 1.53. The topological polar surface area (TPSA) is 17.1 Å². The van der Waals surface area contributed by atoms with Crippen molar-refractivity contribution < 1.29 is 4.79 Å². The van der Waals surface area contributed by atoms with Crippen molar-refractivity contribution in [2.24, 2.45) is 0 Å². The Labute approximate surface area is 116 Å². The average Bonchev–Trinajstić information content (AvgIpc) is 2.53. The third-order valence-corrected chi connectivity index (χ3v) is 3.89. The Morgan fingerprint density at radius 3 is 2.10 bits per heavy atom. The number of benzene rings is 4. The van der Waals surface area contributed by atoms with E-state index in [-0.39, 0.29) is 0 Å². The van der Waals surface area contributed by atoms with Crippen molar-refractivity contribution in [3.63, 3.8) is 0 Å². The van der Waals surface area contributed by atoms with Crippen LogP contribution in [-0.2, 0) is 0 Å². The van der Waals surface area contributed by atoms with Gasteiger partial charge in [-0.3, -0.25) is 4.79 Å². The Balaban J connectivity index is 2.32. The molecule has 0 heterocycles. The summed E-state index contributed by atoms with van der Waals surface area (Å²) in [5.41, 5.74) is 0.720. The highest BCUT2D eigenvalue weighted by Gasteiger charge is 2.05. The van der Waals surface area contributed by atoms with E-state index < -0.39 is 0 Å². The minimum atomic E-state index is 0.720. The molecule has 0 N–H and O–H groups in total. The SMILES string of the molecule is O=Cc1ccc2ccc3ccc4ccccc4c3c2c1. The van der Waals surface area contributed by atoms with Gasteiger partial charge in [-0.05, 0) is 38.4 Å². The molecular formula is C19H12O. The summed E-state index contributed by atoms with van der Waals surface area (Å²) < 4.78 is 0. The Kier molecular flexibility index (Phi) is 2.33. The second-order valence-corrected chi connectivity index (χ2v) is 5.05. The molecule has 20 heavy (non-hydrogen) atoms. The number of hydrogen-bond acceptors (Lipinski definition) is 1. The molecule has 0 saturated carbocycles. The molecule has 4 rings (SSSR count). The van der Waals surface area contributed by atoms with Crippen LogP contribution in [0.3, 0.4) is 0 Å². The molecule has 0 radical (unpaired) electrons. The number of fused-ring (bicyclic) bond motifs is 5. The van der Waals surface area contributed by atoms with E-state index in [2.05, 4.69) is 48.5 Å². The van der Waals surface area contributed by atoms with Crippen LogP contribution < -0.4 is 0 Å². The van der Waals surface area contributed by atoms with Crippen LogP contribution in [0.15, 0.2) is 66.7 Å². The van der Waals surface area contributed by atoms with Crippen molar-refractivity contribution in [3.8, 4) is 0 Å². The Morgan fingerprint density at radius 2 is 1.30 bits per heavy atom. The van der Waals surface area contributed by atoms with Gasteiger partial charge in [-0.1, -0.05) is 60.7 Å². The molecule has 1 heteroatoms. The van der Waals surface area contributed by atoms with E-state index in [1.807, 2.05) is 18.2 Å². The summed E-state index contributed by atoms with van der Waals surface area (Å²) in [4.78, 5) is 11.0. The molecular weight excluding hydrogens is 244 g/mol. The second-order valence-electron chi connectivity index (χ2n) is 5.05. The van der Waals surface area contributed by atoms with Gasteiger partial charge in [0.1, 0.15) is 6.29 Å². The normalized spacial score (nSPS) is 11.2.